The van der Waals surface area contributed by atoms with Gasteiger partial charge in [0.05, 0.1) is 11.4 Å². The highest BCUT2D eigenvalue weighted by molar-refractivity contribution is 5.96. The van der Waals surface area contributed by atoms with Crippen molar-refractivity contribution in [3.8, 4) is 0 Å². The van der Waals surface area contributed by atoms with Gasteiger partial charge in [-0.25, -0.2) is 4.94 Å². The highest BCUT2D eigenvalue weighted by Crippen LogP contribution is 2.09. The molecule has 0 aromatic heterocycles. The molecule has 0 N–H and O–H groups in total. The van der Waals surface area contributed by atoms with Crippen LogP contribution in [-0.2, 0) is 4.94 Å². The summed E-state index contributed by atoms with van der Waals surface area (Å²) in [4.78, 5) is 4.99. The molecule has 2 aliphatic carbocycles. The predicted octanol–water partition coefficient (Wildman–Crippen LogP) is 3.20. The Morgan fingerprint density at radius 1 is 0.867 bits per heavy atom. The van der Waals surface area contributed by atoms with E-state index in [-0.39, 0.29) is 0 Å². The molecule has 0 atom stereocenters. The lowest BCUT2D eigenvalue weighted by molar-refractivity contribution is 0.154. The van der Waals surface area contributed by atoms with E-state index in [1.54, 1.807) is 0 Å². The molecule has 15 heavy (non-hydrogen) atoms. The van der Waals surface area contributed by atoms with Crippen LogP contribution >= 0.6 is 0 Å². The van der Waals surface area contributed by atoms with E-state index in [0.717, 1.165) is 49.9 Å². The van der Waals surface area contributed by atoms with Crippen LogP contribution in [0.25, 0.3) is 0 Å². The van der Waals surface area contributed by atoms with E-state index in [4.69, 9.17) is 4.94 Å². The minimum absolute atomic E-state index is 0.991. The Bertz CT molecular complexity index is 295. The van der Waals surface area contributed by atoms with Gasteiger partial charge in [0.1, 0.15) is 0 Å². The van der Waals surface area contributed by atoms with Gasteiger partial charge < -0.3 is 0 Å². The summed E-state index contributed by atoms with van der Waals surface area (Å²) in [6.07, 6.45) is 14.9. The van der Waals surface area contributed by atoms with Gasteiger partial charge in [-0.3, -0.25) is 0 Å². The van der Waals surface area contributed by atoms with Gasteiger partial charge in [-0.05, 0) is 50.7 Å². The molecular weight excluding hydrogens is 188 g/mol. The summed E-state index contributed by atoms with van der Waals surface area (Å²) in [7, 11) is 0. The quantitative estimate of drug-likeness (QED) is 0.636. The fraction of sp³-hybridized carbons (Fsp3) is 0.500. The fourth-order valence-electron chi connectivity index (χ4n) is 1.68. The molecule has 0 bridgehead atoms. The van der Waals surface area contributed by atoms with Gasteiger partial charge in [0.2, 0.25) is 0 Å². The molecular formula is C12H16N2O. The van der Waals surface area contributed by atoms with Crippen LogP contribution in [0.5, 0.6) is 0 Å². The van der Waals surface area contributed by atoms with Gasteiger partial charge in [-0.2, -0.15) is 0 Å². The Morgan fingerprint density at radius 2 is 1.40 bits per heavy atom. The van der Waals surface area contributed by atoms with E-state index in [1.807, 2.05) is 12.2 Å². The third-order valence-corrected chi connectivity index (χ3v) is 2.54. The monoisotopic (exact) mass is 204 g/mol. The standard InChI is InChI=1S/C12H16N2O/c1-3-7-11(8-4-1)13-15-14-12-9-5-2-6-10-12/h3,5,7,9H,1-2,4,6,8,10H2. The van der Waals surface area contributed by atoms with Crippen LogP contribution in [-0.4, -0.2) is 11.4 Å². The van der Waals surface area contributed by atoms with Crippen LogP contribution in [0.2, 0.25) is 0 Å². The number of hydrogen-bond donors (Lipinski definition) is 0. The Labute approximate surface area is 90.2 Å². The van der Waals surface area contributed by atoms with Crippen LogP contribution in [0.1, 0.15) is 38.5 Å². The van der Waals surface area contributed by atoms with E-state index in [9.17, 15) is 0 Å². The van der Waals surface area contributed by atoms with Crippen molar-refractivity contribution in [3.63, 3.8) is 0 Å². The second kappa shape index (κ2) is 5.49. The Balaban J connectivity index is 1.87. The van der Waals surface area contributed by atoms with E-state index in [1.165, 1.54) is 0 Å². The fourth-order valence-corrected chi connectivity index (χ4v) is 1.68. The summed E-state index contributed by atoms with van der Waals surface area (Å²) in [6, 6.07) is 0. The molecule has 0 aromatic carbocycles. The molecule has 2 aliphatic rings. The van der Waals surface area contributed by atoms with Gasteiger partial charge in [-0.15, -0.1) is 0 Å². The van der Waals surface area contributed by atoms with Crippen LogP contribution in [0.3, 0.4) is 0 Å². The van der Waals surface area contributed by atoms with E-state index in [0.29, 0.717) is 0 Å². The van der Waals surface area contributed by atoms with Gasteiger partial charge >= 0.3 is 0 Å². The molecule has 0 fully saturated rings. The molecule has 0 spiro atoms. The van der Waals surface area contributed by atoms with Gasteiger partial charge in [0.25, 0.3) is 0 Å². The zero-order chi connectivity index (χ0) is 10.3. The number of allylic oxidation sites excluding steroid dienone is 4. The Morgan fingerprint density at radius 3 is 1.80 bits per heavy atom. The summed E-state index contributed by atoms with van der Waals surface area (Å²) in [5, 5.41) is 7.97. The van der Waals surface area contributed by atoms with Crippen LogP contribution in [0, 0.1) is 0 Å². The Hall–Kier alpha value is -1.38. The van der Waals surface area contributed by atoms with Crippen molar-refractivity contribution in [2.24, 2.45) is 10.3 Å². The molecule has 0 amide bonds. The highest BCUT2D eigenvalue weighted by Gasteiger charge is 2.02. The van der Waals surface area contributed by atoms with Crippen molar-refractivity contribution in [2.75, 3.05) is 0 Å². The van der Waals surface area contributed by atoms with Gasteiger partial charge in [0.15, 0.2) is 0 Å². The van der Waals surface area contributed by atoms with E-state index < -0.39 is 0 Å². The summed E-state index contributed by atoms with van der Waals surface area (Å²) < 4.78 is 0. The van der Waals surface area contributed by atoms with Crippen molar-refractivity contribution in [2.45, 2.75) is 38.5 Å². The number of nitrogens with zero attached hydrogens (tertiary/aromatic N) is 2. The molecule has 0 unspecified atom stereocenters. The molecule has 80 valence electrons. The maximum Gasteiger partial charge on any atom is 0.0827 e. The van der Waals surface area contributed by atoms with Crippen molar-refractivity contribution >= 4 is 11.4 Å². The van der Waals surface area contributed by atoms with Crippen LogP contribution in [0.4, 0.5) is 0 Å². The lowest BCUT2D eigenvalue weighted by atomic mass is 10.1. The molecule has 0 saturated heterocycles. The summed E-state index contributed by atoms with van der Waals surface area (Å²) in [5.74, 6) is 0. The molecule has 2 rings (SSSR count). The minimum Gasteiger partial charge on any atom is -0.244 e. The van der Waals surface area contributed by atoms with Crippen molar-refractivity contribution in [3.05, 3.63) is 24.3 Å². The lowest BCUT2D eigenvalue weighted by Crippen LogP contribution is -2.01. The second-order valence-electron chi connectivity index (χ2n) is 3.84. The molecule has 0 aromatic rings. The number of rotatable bonds is 2. The van der Waals surface area contributed by atoms with Crippen LogP contribution in [0.15, 0.2) is 34.6 Å². The largest absolute Gasteiger partial charge is 0.244 e. The zero-order valence-electron chi connectivity index (χ0n) is 8.85. The lowest BCUT2D eigenvalue weighted by Gasteiger charge is -2.05. The minimum atomic E-state index is 0.991. The molecule has 0 aliphatic heterocycles. The topological polar surface area (TPSA) is 34.0 Å². The first kappa shape index (κ1) is 10.1. The average Bonchev–Trinajstić information content (AvgIpc) is 2.32. The van der Waals surface area contributed by atoms with Crippen LogP contribution < -0.4 is 0 Å². The molecule has 0 saturated carbocycles. The first-order valence-corrected chi connectivity index (χ1v) is 5.58. The van der Waals surface area contributed by atoms with Crippen molar-refractivity contribution in [1.29, 1.82) is 0 Å². The normalized spacial score (nSPS) is 26.1. The maximum absolute atomic E-state index is 4.99. The summed E-state index contributed by atoms with van der Waals surface area (Å²) in [5.41, 5.74) is 1.98. The van der Waals surface area contributed by atoms with E-state index in [2.05, 4.69) is 22.5 Å². The molecule has 0 heterocycles. The molecule has 0 radical (unpaired) electrons. The van der Waals surface area contributed by atoms with Crippen molar-refractivity contribution in [1.82, 2.24) is 0 Å². The average molecular weight is 204 g/mol. The number of oxime groups is 2. The van der Waals surface area contributed by atoms with Gasteiger partial charge in [0, 0.05) is 0 Å². The van der Waals surface area contributed by atoms with Crippen molar-refractivity contribution < 1.29 is 4.94 Å². The Kier molecular flexibility index (Phi) is 3.71. The molecule has 3 heteroatoms. The summed E-state index contributed by atoms with van der Waals surface area (Å²) in [6.45, 7) is 0. The first-order valence-electron chi connectivity index (χ1n) is 5.58. The number of hydrogen-bond acceptors (Lipinski definition) is 3. The highest BCUT2D eigenvalue weighted by atomic mass is 16.8. The second-order valence-corrected chi connectivity index (χ2v) is 3.84. The first-order chi connectivity index (χ1) is 7.45. The third kappa shape index (κ3) is 3.35. The SMILES string of the molecule is C1=CC(=NON=C2C=CCCC2)CCC1. The van der Waals surface area contributed by atoms with Gasteiger partial charge in [-0.1, -0.05) is 22.5 Å². The zero-order valence-corrected chi connectivity index (χ0v) is 8.85. The molecule has 3 nitrogen and oxygen atoms in total. The smallest absolute Gasteiger partial charge is 0.0827 e. The predicted molar refractivity (Wildman–Crippen MR) is 61.9 cm³/mol. The third-order valence-electron chi connectivity index (χ3n) is 2.54. The maximum atomic E-state index is 4.99. The summed E-state index contributed by atoms with van der Waals surface area (Å²) >= 11 is 0. The van der Waals surface area contributed by atoms with E-state index >= 15 is 0 Å².